The van der Waals surface area contributed by atoms with E-state index in [0.717, 1.165) is 23.4 Å². The second-order valence-corrected chi connectivity index (χ2v) is 3.76. The third-order valence-corrected chi connectivity index (χ3v) is 2.49. The van der Waals surface area contributed by atoms with E-state index in [0.29, 0.717) is 19.6 Å². The van der Waals surface area contributed by atoms with Gasteiger partial charge >= 0.3 is 0 Å². The number of benzene rings is 1. The Morgan fingerprint density at radius 2 is 2.18 bits per heavy atom. The lowest BCUT2D eigenvalue weighted by Crippen LogP contribution is -2.14. The molecule has 0 atom stereocenters. The second kappa shape index (κ2) is 6.91. The van der Waals surface area contributed by atoms with E-state index in [1.54, 1.807) is 6.07 Å². The molecule has 1 aromatic rings. The molecule has 0 bridgehead atoms. The van der Waals surface area contributed by atoms with Crippen LogP contribution >= 0.6 is 0 Å². The van der Waals surface area contributed by atoms with Crippen molar-refractivity contribution in [2.75, 3.05) is 24.3 Å². The minimum absolute atomic E-state index is 0.0536. The summed E-state index contributed by atoms with van der Waals surface area (Å²) < 4.78 is 5.12. The fourth-order valence-electron chi connectivity index (χ4n) is 1.53. The molecule has 0 saturated carbocycles. The fraction of sp³-hybridized carbons (Fsp3) is 0.462. The Labute approximate surface area is 102 Å². The Hall–Kier alpha value is -1.55. The van der Waals surface area contributed by atoms with Crippen molar-refractivity contribution in [2.45, 2.75) is 26.7 Å². The second-order valence-electron chi connectivity index (χ2n) is 3.76. The summed E-state index contributed by atoms with van der Waals surface area (Å²) in [5, 5.41) is 2.79. The summed E-state index contributed by atoms with van der Waals surface area (Å²) in [5.41, 5.74) is 8.40. The zero-order valence-corrected chi connectivity index (χ0v) is 10.5. The first kappa shape index (κ1) is 13.5. The summed E-state index contributed by atoms with van der Waals surface area (Å²) >= 11 is 0. The van der Waals surface area contributed by atoms with Gasteiger partial charge in [0.15, 0.2) is 0 Å². The van der Waals surface area contributed by atoms with Crippen LogP contribution in [0.4, 0.5) is 11.4 Å². The third kappa shape index (κ3) is 4.44. The van der Waals surface area contributed by atoms with Gasteiger partial charge in [0.05, 0.1) is 13.0 Å². The number of amides is 1. The van der Waals surface area contributed by atoms with E-state index in [1.807, 2.05) is 26.0 Å². The first-order chi connectivity index (χ1) is 8.17. The standard InChI is InChI=1S/C13H20N2O2/c1-3-10-5-6-11(9-12(10)14)15-13(16)7-8-17-4-2/h5-6,9H,3-4,7-8,14H2,1-2H3,(H,15,16). The Kier molecular flexibility index (Phi) is 5.49. The molecule has 0 heterocycles. The number of carbonyl (C=O) groups is 1. The molecular formula is C13H20N2O2. The largest absolute Gasteiger partial charge is 0.398 e. The van der Waals surface area contributed by atoms with Gasteiger partial charge in [0.2, 0.25) is 5.91 Å². The van der Waals surface area contributed by atoms with Gasteiger partial charge in [-0.05, 0) is 31.0 Å². The maximum absolute atomic E-state index is 11.5. The van der Waals surface area contributed by atoms with E-state index in [4.69, 9.17) is 10.5 Å². The number of nitrogen functional groups attached to an aromatic ring is 1. The molecule has 0 aliphatic rings. The van der Waals surface area contributed by atoms with Crippen molar-refractivity contribution in [3.05, 3.63) is 23.8 Å². The summed E-state index contributed by atoms with van der Waals surface area (Å²) in [4.78, 5) is 11.5. The smallest absolute Gasteiger partial charge is 0.226 e. The molecule has 1 aromatic carbocycles. The van der Waals surface area contributed by atoms with Gasteiger partial charge in [0, 0.05) is 18.0 Å². The molecule has 0 unspecified atom stereocenters. The van der Waals surface area contributed by atoms with Crippen LogP contribution in [-0.4, -0.2) is 19.1 Å². The van der Waals surface area contributed by atoms with Crippen molar-refractivity contribution in [3.8, 4) is 0 Å². The SMILES string of the molecule is CCOCCC(=O)Nc1ccc(CC)c(N)c1. The summed E-state index contributed by atoms with van der Waals surface area (Å²) in [7, 11) is 0. The van der Waals surface area contributed by atoms with Crippen molar-refractivity contribution in [2.24, 2.45) is 0 Å². The highest BCUT2D eigenvalue weighted by Gasteiger charge is 2.04. The molecular weight excluding hydrogens is 216 g/mol. The predicted molar refractivity (Wildman–Crippen MR) is 70.0 cm³/mol. The number of hydrogen-bond acceptors (Lipinski definition) is 3. The summed E-state index contributed by atoms with van der Waals surface area (Å²) in [6.07, 6.45) is 1.26. The predicted octanol–water partition coefficient (Wildman–Crippen LogP) is 2.20. The summed E-state index contributed by atoms with van der Waals surface area (Å²) in [6, 6.07) is 5.60. The van der Waals surface area contributed by atoms with Gasteiger partial charge < -0.3 is 15.8 Å². The van der Waals surface area contributed by atoms with Gasteiger partial charge in [-0.1, -0.05) is 13.0 Å². The molecule has 17 heavy (non-hydrogen) atoms. The Bertz CT molecular complexity index is 378. The zero-order chi connectivity index (χ0) is 12.7. The third-order valence-electron chi connectivity index (χ3n) is 2.49. The lowest BCUT2D eigenvalue weighted by atomic mass is 10.1. The molecule has 1 amide bonds. The van der Waals surface area contributed by atoms with Gasteiger partial charge in [-0.2, -0.15) is 0 Å². The molecule has 0 spiro atoms. The number of ether oxygens (including phenoxy) is 1. The van der Waals surface area contributed by atoms with Crippen molar-refractivity contribution in [3.63, 3.8) is 0 Å². The van der Waals surface area contributed by atoms with Crippen LogP contribution in [0, 0.1) is 0 Å². The molecule has 4 nitrogen and oxygen atoms in total. The van der Waals surface area contributed by atoms with Crippen molar-refractivity contribution in [1.82, 2.24) is 0 Å². The Balaban J connectivity index is 2.51. The average Bonchev–Trinajstić information content (AvgIpc) is 2.29. The highest BCUT2D eigenvalue weighted by atomic mass is 16.5. The maximum atomic E-state index is 11.5. The fourth-order valence-corrected chi connectivity index (χ4v) is 1.53. The molecule has 0 fully saturated rings. The van der Waals surface area contributed by atoms with E-state index in [1.165, 1.54) is 0 Å². The first-order valence-electron chi connectivity index (χ1n) is 5.93. The number of carbonyl (C=O) groups excluding carboxylic acids is 1. The van der Waals surface area contributed by atoms with E-state index < -0.39 is 0 Å². The zero-order valence-electron chi connectivity index (χ0n) is 10.5. The van der Waals surface area contributed by atoms with Gasteiger partial charge in [0.1, 0.15) is 0 Å². The highest BCUT2D eigenvalue weighted by molar-refractivity contribution is 5.91. The van der Waals surface area contributed by atoms with Crippen LogP contribution in [0.1, 0.15) is 25.8 Å². The molecule has 0 radical (unpaired) electrons. The highest BCUT2D eigenvalue weighted by Crippen LogP contribution is 2.18. The van der Waals surface area contributed by atoms with Gasteiger partial charge in [-0.15, -0.1) is 0 Å². The molecule has 94 valence electrons. The summed E-state index contributed by atoms with van der Waals surface area (Å²) in [5.74, 6) is -0.0536. The number of nitrogens with one attached hydrogen (secondary N) is 1. The Morgan fingerprint density at radius 3 is 2.76 bits per heavy atom. The van der Waals surface area contributed by atoms with E-state index >= 15 is 0 Å². The molecule has 0 aromatic heterocycles. The van der Waals surface area contributed by atoms with Crippen LogP contribution in [-0.2, 0) is 16.0 Å². The molecule has 4 heteroatoms. The average molecular weight is 236 g/mol. The van der Waals surface area contributed by atoms with E-state index in [-0.39, 0.29) is 5.91 Å². The van der Waals surface area contributed by atoms with Crippen molar-refractivity contribution >= 4 is 17.3 Å². The van der Waals surface area contributed by atoms with Gasteiger partial charge in [-0.3, -0.25) is 4.79 Å². The normalized spacial score (nSPS) is 10.2. The van der Waals surface area contributed by atoms with Crippen LogP contribution in [0.15, 0.2) is 18.2 Å². The van der Waals surface area contributed by atoms with Gasteiger partial charge in [-0.25, -0.2) is 0 Å². The summed E-state index contributed by atoms with van der Waals surface area (Å²) in [6.45, 7) is 5.03. The molecule has 1 rings (SSSR count). The van der Waals surface area contributed by atoms with Crippen LogP contribution < -0.4 is 11.1 Å². The molecule has 3 N–H and O–H groups in total. The number of nitrogens with two attached hydrogens (primary N) is 1. The van der Waals surface area contributed by atoms with E-state index in [2.05, 4.69) is 5.32 Å². The maximum Gasteiger partial charge on any atom is 0.226 e. The van der Waals surface area contributed by atoms with Crippen LogP contribution in [0.3, 0.4) is 0 Å². The quantitative estimate of drug-likeness (QED) is 0.588. The Morgan fingerprint density at radius 1 is 1.41 bits per heavy atom. The lowest BCUT2D eigenvalue weighted by Gasteiger charge is -2.08. The number of anilines is 2. The van der Waals surface area contributed by atoms with Crippen molar-refractivity contribution < 1.29 is 9.53 Å². The number of hydrogen-bond donors (Lipinski definition) is 2. The van der Waals surface area contributed by atoms with Crippen molar-refractivity contribution in [1.29, 1.82) is 0 Å². The molecule has 0 aliphatic carbocycles. The van der Waals surface area contributed by atoms with Crippen LogP contribution in [0.2, 0.25) is 0 Å². The minimum atomic E-state index is -0.0536. The first-order valence-corrected chi connectivity index (χ1v) is 5.93. The minimum Gasteiger partial charge on any atom is -0.398 e. The topological polar surface area (TPSA) is 64.3 Å². The van der Waals surface area contributed by atoms with Crippen LogP contribution in [0.25, 0.3) is 0 Å². The molecule has 0 aliphatic heterocycles. The number of rotatable bonds is 6. The number of aryl methyl sites for hydroxylation is 1. The van der Waals surface area contributed by atoms with E-state index in [9.17, 15) is 4.79 Å². The van der Waals surface area contributed by atoms with Crippen LogP contribution in [0.5, 0.6) is 0 Å². The molecule has 0 saturated heterocycles. The van der Waals surface area contributed by atoms with Gasteiger partial charge in [0.25, 0.3) is 0 Å². The lowest BCUT2D eigenvalue weighted by molar-refractivity contribution is -0.117. The monoisotopic (exact) mass is 236 g/mol.